The monoisotopic (exact) mass is 281 g/mol. The molecule has 0 aromatic rings. The first-order chi connectivity index (χ1) is 9.62. The number of hydrogen-bond donors (Lipinski definition) is 3. The van der Waals surface area contributed by atoms with Gasteiger partial charge in [-0.3, -0.25) is 0 Å². The number of urea groups is 1. The van der Waals surface area contributed by atoms with E-state index in [-0.39, 0.29) is 18.1 Å². The first-order valence-electron chi connectivity index (χ1n) is 7.99. The number of piperidine rings is 2. The van der Waals surface area contributed by atoms with Crippen LogP contribution in [0.4, 0.5) is 4.79 Å². The number of nitrogens with one attached hydrogen (secondary N) is 2. The van der Waals surface area contributed by atoms with Crippen LogP contribution in [0.25, 0.3) is 0 Å². The van der Waals surface area contributed by atoms with Crippen molar-refractivity contribution in [1.29, 1.82) is 0 Å². The zero-order valence-electron chi connectivity index (χ0n) is 12.4. The van der Waals surface area contributed by atoms with E-state index in [2.05, 4.69) is 22.6 Å². The highest BCUT2D eigenvalue weighted by Gasteiger charge is 2.42. The first kappa shape index (κ1) is 14.1. The van der Waals surface area contributed by atoms with Gasteiger partial charge in [0.15, 0.2) is 0 Å². The highest BCUT2D eigenvalue weighted by atomic mass is 16.3. The van der Waals surface area contributed by atoms with Gasteiger partial charge in [-0.25, -0.2) is 4.79 Å². The minimum absolute atomic E-state index is 0.0133. The van der Waals surface area contributed by atoms with E-state index < -0.39 is 0 Å². The molecule has 2 unspecified atom stereocenters. The summed E-state index contributed by atoms with van der Waals surface area (Å²) in [6.45, 7) is 0.792. The highest BCUT2D eigenvalue weighted by Crippen LogP contribution is 2.44. The fourth-order valence-corrected chi connectivity index (χ4v) is 3.81. The van der Waals surface area contributed by atoms with Crippen LogP contribution in [0, 0.1) is 5.41 Å². The molecule has 1 saturated carbocycles. The third kappa shape index (κ3) is 2.93. The van der Waals surface area contributed by atoms with Gasteiger partial charge in [-0.05, 0) is 45.6 Å². The molecule has 0 radical (unpaired) electrons. The molecule has 3 rings (SSSR count). The summed E-state index contributed by atoms with van der Waals surface area (Å²) in [6, 6.07) is 1.53. The maximum absolute atomic E-state index is 12.0. The molecule has 1 aliphatic carbocycles. The van der Waals surface area contributed by atoms with E-state index in [9.17, 15) is 9.90 Å². The van der Waals surface area contributed by atoms with Crippen molar-refractivity contribution in [2.24, 2.45) is 5.41 Å². The van der Waals surface area contributed by atoms with Gasteiger partial charge in [0.25, 0.3) is 0 Å². The molecule has 20 heavy (non-hydrogen) atoms. The van der Waals surface area contributed by atoms with E-state index in [0.29, 0.717) is 24.7 Å². The zero-order chi connectivity index (χ0) is 14.2. The Morgan fingerprint density at radius 2 is 1.95 bits per heavy atom. The van der Waals surface area contributed by atoms with Crippen molar-refractivity contribution in [3.63, 3.8) is 0 Å². The fourth-order valence-electron chi connectivity index (χ4n) is 3.81. The summed E-state index contributed by atoms with van der Waals surface area (Å²) in [5.41, 5.74) is -0.0133. The predicted molar refractivity (Wildman–Crippen MR) is 77.5 cm³/mol. The summed E-state index contributed by atoms with van der Waals surface area (Å²) in [5, 5.41) is 15.3. The Bertz CT molecular complexity index is 356. The molecule has 2 saturated heterocycles. The third-order valence-electron chi connectivity index (χ3n) is 5.59. The van der Waals surface area contributed by atoms with Crippen molar-refractivity contribution in [2.45, 2.75) is 63.1 Å². The number of aliphatic hydroxyl groups excluding tert-OH is 1. The van der Waals surface area contributed by atoms with E-state index in [0.717, 1.165) is 25.7 Å². The van der Waals surface area contributed by atoms with Gasteiger partial charge in [0.1, 0.15) is 0 Å². The predicted octanol–water partition coefficient (Wildman–Crippen LogP) is 1.07. The smallest absolute Gasteiger partial charge is 0.315 e. The fraction of sp³-hybridized carbons (Fsp3) is 0.933. The quantitative estimate of drug-likeness (QED) is 0.722. The normalized spacial score (nSPS) is 35.4. The molecule has 2 heterocycles. The number of amides is 2. The number of rotatable bonds is 4. The largest absolute Gasteiger partial charge is 0.396 e. The Morgan fingerprint density at radius 3 is 2.50 bits per heavy atom. The SMILES string of the molecule is CN1C2CCCC1CC(NC(=O)NCC1(CO)CC1)C2. The van der Waals surface area contributed by atoms with E-state index in [4.69, 9.17) is 0 Å². The lowest BCUT2D eigenvalue weighted by Crippen LogP contribution is -2.56. The molecular weight excluding hydrogens is 254 g/mol. The standard InChI is InChI=1S/C15H27N3O2/c1-18-12-3-2-4-13(18)8-11(7-12)17-14(20)16-9-15(10-19)5-6-15/h11-13,19H,2-10H2,1H3,(H2,16,17,20). The van der Waals surface area contributed by atoms with Crippen molar-refractivity contribution in [1.82, 2.24) is 15.5 Å². The van der Waals surface area contributed by atoms with Crippen LogP contribution in [-0.4, -0.2) is 54.4 Å². The number of aliphatic hydroxyl groups is 1. The molecule has 2 bridgehead atoms. The van der Waals surface area contributed by atoms with Crippen molar-refractivity contribution in [3.05, 3.63) is 0 Å². The summed E-state index contributed by atoms with van der Waals surface area (Å²) in [6.07, 6.45) is 8.07. The first-order valence-corrected chi connectivity index (χ1v) is 7.99. The van der Waals surface area contributed by atoms with Crippen LogP contribution in [0.5, 0.6) is 0 Å². The van der Waals surface area contributed by atoms with Gasteiger partial charge in [0, 0.05) is 30.1 Å². The van der Waals surface area contributed by atoms with Gasteiger partial charge in [-0.1, -0.05) is 6.42 Å². The van der Waals surface area contributed by atoms with Crippen LogP contribution in [-0.2, 0) is 0 Å². The van der Waals surface area contributed by atoms with E-state index >= 15 is 0 Å². The van der Waals surface area contributed by atoms with Crippen LogP contribution in [0.3, 0.4) is 0 Å². The Morgan fingerprint density at radius 1 is 1.30 bits per heavy atom. The van der Waals surface area contributed by atoms with Crippen LogP contribution in [0.15, 0.2) is 0 Å². The number of hydrogen-bond acceptors (Lipinski definition) is 3. The van der Waals surface area contributed by atoms with Gasteiger partial charge >= 0.3 is 6.03 Å². The van der Waals surface area contributed by atoms with Crippen molar-refractivity contribution < 1.29 is 9.90 Å². The molecule has 2 amide bonds. The van der Waals surface area contributed by atoms with Gasteiger partial charge < -0.3 is 20.6 Å². The van der Waals surface area contributed by atoms with E-state index in [1.165, 1.54) is 19.3 Å². The van der Waals surface area contributed by atoms with Crippen molar-refractivity contribution >= 4 is 6.03 Å². The molecule has 5 nitrogen and oxygen atoms in total. The van der Waals surface area contributed by atoms with Gasteiger partial charge in [-0.2, -0.15) is 0 Å². The summed E-state index contributed by atoms with van der Waals surface area (Å²) in [5.74, 6) is 0. The van der Waals surface area contributed by atoms with Crippen LogP contribution in [0.2, 0.25) is 0 Å². The van der Waals surface area contributed by atoms with Crippen molar-refractivity contribution in [3.8, 4) is 0 Å². The summed E-state index contributed by atoms with van der Waals surface area (Å²) >= 11 is 0. The van der Waals surface area contributed by atoms with Crippen molar-refractivity contribution in [2.75, 3.05) is 20.2 Å². The Balaban J connectivity index is 1.45. The minimum atomic E-state index is -0.0580. The molecule has 2 atom stereocenters. The molecule has 5 heteroatoms. The van der Waals surface area contributed by atoms with Gasteiger partial charge in [0.2, 0.25) is 0 Å². The Hall–Kier alpha value is -0.810. The summed E-state index contributed by atoms with van der Waals surface area (Å²) in [4.78, 5) is 14.5. The number of carbonyl (C=O) groups excluding carboxylic acids is 1. The lowest BCUT2D eigenvalue weighted by molar-refractivity contribution is 0.0508. The molecule has 0 aromatic carbocycles. The van der Waals surface area contributed by atoms with E-state index in [1.807, 2.05) is 0 Å². The number of carbonyl (C=O) groups is 1. The second-order valence-electron chi connectivity index (χ2n) is 7.06. The molecule has 3 aliphatic rings. The maximum atomic E-state index is 12.0. The molecular formula is C15H27N3O2. The molecule has 114 valence electrons. The maximum Gasteiger partial charge on any atom is 0.315 e. The summed E-state index contributed by atoms with van der Waals surface area (Å²) in [7, 11) is 2.23. The highest BCUT2D eigenvalue weighted by molar-refractivity contribution is 5.74. The number of nitrogens with zero attached hydrogens (tertiary/aromatic N) is 1. The lowest BCUT2D eigenvalue weighted by atomic mass is 9.82. The number of fused-ring (bicyclic) bond motifs is 2. The Kier molecular flexibility index (Phi) is 3.91. The zero-order valence-corrected chi connectivity index (χ0v) is 12.4. The van der Waals surface area contributed by atoms with Gasteiger partial charge in [-0.15, -0.1) is 0 Å². The lowest BCUT2D eigenvalue weighted by Gasteiger charge is -2.47. The molecule has 2 aliphatic heterocycles. The average Bonchev–Trinajstić information content (AvgIpc) is 3.18. The second-order valence-corrected chi connectivity index (χ2v) is 7.06. The third-order valence-corrected chi connectivity index (χ3v) is 5.59. The van der Waals surface area contributed by atoms with Crippen LogP contribution >= 0.6 is 0 Å². The molecule has 3 N–H and O–H groups in total. The van der Waals surface area contributed by atoms with Gasteiger partial charge in [0.05, 0.1) is 6.61 Å². The minimum Gasteiger partial charge on any atom is -0.396 e. The van der Waals surface area contributed by atoms with E-state index in [1.54, 1.807) is 0 Å². The molecule has 3 fully saturated rings. The molecule has 0 spiro atoms. The Labute approximate surface area is 121 Å². The average molecular weight is 281 g/mol. The molecule has 0 aromatic heterocycles. The van der Waals surface area contributed by atoms with Crippen LogP contribution < -0.4 is 10.6 Å². The summed E-state index contributed by atoms with van der Waals surface area (Å²) < 4.78 is 0. The second kappa shape index (κ2) is 5.53. The van der Waals surface area contributed by atoms with Crippen LogP contribution in [0.1, 0.15) is 44.9 Å². The topological polar surface area (TPSA) is 64.6 Å².